The van der Waals surface area contributed by atoms with Gasteiger partial charge in [-0.15, -0.1) is 0 Å². The molecular weight excluding hydrogens is 156 g/mol. The lowest BCUT2D eigenvalue weighted by Gasteiger charge is -2.02. The summed E-state index contributed by atoms with van der Waals surface area (Å²) < 4.78 is 11.9. The van der Waals surface area contributed by atoms with Crippen molar-refractivity contribution in [3.63, 3.8) is 0 Å². The maximum absolute atomic E-state index is 5.25. The molecule has 0 aliphatic carbocycles. The van der Waals surface area contributed by atoms with Crippen molar-refractivity contribution in [2.24, 2.45) is 0 Å². The zero-order chi connectivity index (χ0) is 8.65. The lowest BCUT2D eigenvalue weighted by atomic mass is 10.6. The van der Waals surface area contributed by atoms with Crippen molar-refractivity contribution in [1.82, 2.24) is 9.78 Å². The summed E-state index contributed by atoms with van der Waals surface area (Å²) in [5.74, 6) is 0. The van der Waals surface area contributed by atoms with E-state index in [0.29, 0.717) is 19.8 Å². The van der Waals surface area contributed by atoms with Crippen LogP contribution >= 0.6 is 0 Å². The van der Waals surface area contributed by atoms with E-state index in [1.807, 2.05) is 0 Å². The number of rotatable bonds is 6. The molecule has 4 nitrogen and oxygen atoms in total. The van der Waals surface area contributed by atoms with E-state index in [1.165, 1.54) is 0 Å². The molecule has 0 aromatic carbocycles. The van der Waals surface area contributed by atoms with Crippen LogP contribution in [-0.2, 0) is 16.0 Å². The van der Waals surface area contributed by atoms with E-state index in [4.69, 9.17) is 9.47 Å². The van der Waals surface area contributed by atoms with Crippen LogP contribution in [0.5, 0.6) is 0 Å². The Morgan fingerprint density at radius 1 is 1.42 bits per heavy atom. The summed E-state index contributed by atoms with van der Waals surface area (Å²) in [6, 6.07) is 2.85. The molecular formula is C8H13N2O2. The molecule has 0 saturated carbocycles. The second-order valence-corrected chi connectivity index (χ2v) is 2.31. The molecule has 0 saturated heterocycles. The van der Waals surface area contributed by atoms with Crippen molar-refractivity contribution in [2.45, 2.75) is 6.54 Å². The second-order valence-electron chi connectivity index (χ2n) is 2.31. The predicted octanol–water partition coefficient (Wildman–Crippen LogP) is 0.346. The molecule has 0 atom stereocenters. The standard InChI is InChI=1S/C8H13N2O2/c1-11-7-8-12-6-5-10-4-2-3-9-10/h3-4H,5-8H2,1H3. The molecule has 0 aliphatic rings. The van der Waals surface area contributed by atoms with Crippen LogP contribution < -0.4 is 0 Å². The van der Waals surface area contributed by atoms with Crippen molar-refractivity contribution in [3.8, 4) is 0 Å². The molecule has 1 radical (unpaired) electrons. The van der Waals surface area contributed by atoms with Gasteiger partial charge in [0.05, 0.1) is 32.6 Å². The Labute approximate surface area is 72.1 Å². The highest BCUT2D eigenvalue weighted by molar-refractivity contribution is 4.74. The highest BCUT2D eigenvalue weighted by Gasteiger charge is 1.90. The Bertz CT molecular complexity index is 187. The van der Waals surface area contributed by atoms with Crippen molar-refractivity contribution in [1.29, 1.82) is 0 Å². The molecule has 4 heteroatoms. The summed E-state index contributed by atoms with van der Waals surface area (Å²) in [5, 5.41) is 3.98. The number of ether oxygens (including phenoxy) is 2. The molecule has 1 aromatic rings. The van der Waals surface area contributed by atoms with Gasteiger partial charge in [0.25, 0.3) is 0 Å². The van der Waals surface area contributed by atoms with Crippen LogP contribution in [0.4, 0.5) is 0 Å². The van der Waals surface area contributed by atoms with Gasteiger partial charge in [0.2, 0.25) is 0 Å². The maximum Gasteiger partial charge on any atom is 0.0701 e. The summed E-state index contributed by atoms with van der Waals surface area (Å²) in [6.07, 6.45) is 3.43. The topological polar surface area (TPSA) is 36.3 Å². The third-order valence-corrected chi connectivity index (χ3v) is 1.40. The van der Waals surface area contributed by atoms with Crippen LogP contribution in [0.25, 0.3) is 0 Å². The van der Waals surface area contributed by atoms with E-state index >= 15 is 0 Å². The zero-order valence-corrected chi connectivity index (χ0v) is 7.19. The first-order valence-corrected chi connectivity index (χ1v) is 3.88. The first-order chi connectivity index (χ1) is 5.93. The quantitative estimate of drug-likeness (QED) is 0.576. The number of nitrogens with zero attached hydrogens (tertiary/aromatic N) is 2. The second kappa shape index (κ2) is 5.74. The normalized spacial score (nSPS) is 10.4. The van der Waals surface area contributed by atoms with E-state index < -0.39 is 0 Å². The fourth-order valence-corrected chi connectivity index (χ4v) is 0.785. The number of methoxy groups -OCH3 is 1. The van der Waals surface area contributed by atoms with Crippen LogP contribution in [0.3, 0.4) is 0 Å². The third-order valence-electron chi connectivity index (χ3n) is 1.40. The van der Waals surface area contributed by atoms with Crippen molar-refractivity contribution in [2.75, 3.05) is 26.9 Å². The molecule has 67 valence electrons. The van der Waals surface area contributed by atoms with Gasteiger partial charge in [-0.25, -0.2) is 0 Å². The minimum atomic E-state index is 0.640. The summed E-state index contributed by atoms with van der Waals surface area (Å²) in [6.45, 7) is 2.72. The van der Waals surface area contributed by atoms with Gasteiger partial charge in [-0.1, -0.05) is 0 Å². The van der Waals surface area contributed by atoms with E-state index in [9.17, 15) is 0 Å². The molecule has 0 N–H and O–H groups in total. The SMILES string of the molecule is COCCOCCn1c[c]cn1. The third kappa shape index (κ3) is 3.50. The van der Waals surface area contributed by atoms with Gasteiger partial charge in [0, 0.05) is 19.4 Å². The van der Waals surface area contributed by atoms with Crippen molar-refractivity contribution >= 4 is 0 Å². The van der Waals surface area contributed by atoms with Gasteiger partial charge >= 0.3 is 0 Å². The van der Waals surface area contributed by atoms with Crippen molar-refractivity contribution < 1.29 is 9.47 Å². The van der Waals surface area contributed by atoms with E-state index in [1.54, 1.807) is 24.2 Å². The molecule has 1 rings (SSSR count). The average molecular weight is 169 g/mol. The van der Waals surface area contributed by atoms with Gasteiger partial charge in [-0.3, -0.25) is 4.68 Å². The minimum absolute atomic E-state index is 0.640. The van der Waals surface area contributed by atoms with Gasteiger partial charge in [0.1, 0.15) is 0 Å². The Morgan fingerprint density at radius 3 is 3.00 bits per heavy atom. The lowest BCUT2D eigenvalue weighted by molar-refractivity contribution is 0.0654. The largest absolute Gasteiger partial charge is 0.382 e. The Hall–Kier alpha value is -0.870. The summed E-state index contributed by atoms with van der Waals surface area (Å²) in [7, 11) is 1.66. The van der Waals surface area contributed by atoms with Crippen LogP contribution in [-0.4, -0.2) is 36.7 Å². The average Bonchev–Trinajstić information content (AvgIpc) is 2.57. The fourth-order valence-electron chi connectivity index (χ4n) is 0.785. The van der Waals surface area contributed by atoms with Crippen LogP contribution in [0.15, 0.2) is 12.4 Å². The number of hydrogen-bond acceptors (Lipinski definition) is 3. The highest BCUT2D eigenvalue weighted by atomic mass is 16.5. The predicted molar refractivity (Wildman–Crippen MR) is 43.8 cm³/mol. The number of hydrogen-bond donors (Lipinski definition) is 0. The molecule has 12 heavy (non-hydrogen) atoms. The molecule has 1 heterocycles. The zero-order valence-electron chi connectivity index (χ0n) is 7.19. The molecule has 0 fully saturated rings. The smallest absolute Gasteiger partial charge is 0.0701 e. The van der Waals surface area contributed by atoms with Gasteiger partial charge in [0.15, 0.2) is 0 Å². The monoisotopic (exact) mass is 169 g/mol. The van der Waals surface area contributed by atoms with E-state index in [0.717, 1.165) is 6.54 Å². The molecule has 0 amide bonds. The molecule has 0 bridgehead atoms. The van der Waals surface area contributed by atoms with Crippen molar-refractivity contribution in [3.05, 3.63) is 18.5 Å². The summed E-state index contributed by atoms with van der Waals surface area (Å²) in [4.78, 5) is 0. The first kappa shape index (κ1) is 9.22. The van der Waals surface area contributed by atoms with Gasteiger partial charge < -0.3 is 9.47 Å². The number of aromatic nitrogens is 2. The minimum Gasteiger partial charge on any atom is -0.382 e. The van der Waals surface area contributed by atoms with Crippen LogP contribution in [0, 0.1) is 6.07 Å². The molecule has 0 aliphatic heterocycles. The first-order valence-electron chi connectivity index (χ1n) is 3.88. The maximum atomic E-state index is 5.25. The molecule has 0 spiro atoms. The van der Waals surface area contributed by atoms with Crippen LogP contribution in [0.2, 0.25) is 0 Å². The van der Waals surface area contributed by atoms with Gasteiger partial charge in [-0.05, 0) is 0 Å². The molecule has 0 unspecified atom stereocenters. The lowest BCUT2D eigenvalue weighted by Crippen LogP contribution is -2.09. The van der Waals surface area contributed by atoms with Gasteiger partial charge in [-0.2, -0.15) is 5.10 Å². The highest BCUT2D eigenvalue weighted by Crippen LogP contribution is 1.84. The molecule has 1 aromatic heterocycles. The van der Waals surface area contributed by atoms with E-state index in [2.05, 4.69) is 11.2 Å². The fraction of sp³-hybridized carbons (Fsp3) is 0.625. The van der Waals surface area contributed by atoms with E-state index in [-0.39, 0.29) is 0 Å². The summed E-state index contributed by atoms with van der Waals surface area (Å²) in [5.41, 5.74) is 0. The summed E-state index contributed by atoms with van der Waals surface area (Å²) >= 11 is 0. The van der Waals surface area contributed by atoms with Crippen LogP contribution in [0.1, 0.15) is 0 Å². The Balaban J connectivity index is 1.96. The Morgan fingerprint density at radius 2 is 2.33 bits per heavy atom. The Kier molecular flexibility index (Phi) is 4.41.